The third-order valence-corrected chi connectivity index (χ3v) is 5.23. The third kappa shape index (κ3) is 4.30. The van der Waals surface area contributed by atoms with E-state index in [0.29, 0.717) is 6.54 Å². The third-order valence-electron chi connectivity index (χ3n) is 5.23. The van der Waals surface area contributed by atoms with Gasteiger partial charge in [-0.25, -0.2) is 0 Å². The zero-order valence-electron chi connectivity index (χ0n) is 16.6. The number of halogens is 1. The first-order valence-electron chi connectivity index (χ1n) is 9.41. The maximum atomic E-state index is 11.6. The van der Waals surface area contributed by atoms with Gasteiger partial charge in [0.2, 0.25) is 0 Å². The van der Waals surface area contributed by atoms with E-state index >= 15 is 0 Å². The van der Waals surface area contributed by atoms with Crippen molar-refractivity contribution >= 4 is 12.4 Å². The molecule has 148 valence electrons. The molecule has 0 radical (unpaired) electrons. The van der Waals surface area contributed by atoms with E-state index in [-0.39, 0.29) is 18.4 Å². The molecule has 2 aromatic rings. The van der Waals surface area contributed by atoms with Crippen molar-refractivity contribution in [2.75, 3.05) is 13.1 Å². The van der Waals surface area contributed by atoms with Crippen LogP contribution in [0.15, 0.2) is 48.5 Å². The lowest BCUT2D eigenvalue weighted by atomic mass is 9.80. The number of aryl methyl sites for hydroxylation is 1. The van der Waals surface area contributed by atoms with Crippen LogP contribution in [0.4, 0.5) is 0 Å². The average molecular weight is 391 g/mol. The highest BCUT2D eigenvalue weighted by Gasteiger charge is 2.55. The van der Waals surface area contributed by atoms with Crippen molar-refractivity contribution in [3.63, 3.8) is 0 Å². The Labute approximate surface area is 168 Å². The van der Waals surface area contributed by atoms with Gasteiger partial charge in [0.1, 0.15) is 11.4 Å². The van der Waals surface area contributed by atoms with Crippen molar-refractivity contribution in [1.29, 1.82) is 0 Å². The molecule has 3 rings (SSSR count). The van der Waals surface area contributed by atoms with E-state index in [1.165, 1.54) is 5.56 Å². The minimum atomic E-state index is -1.21. The normalized spacial score (nSPS) is 23.1. The van der Waals surface area contributed by atoms with Gasteiger partial charge >= 0.3 is 0 Å². The minimum absolute atomic E-state index is 0. The molecule has 0 aliphatic carbocycles. The second-order valence-electron chi connectivity index (χ2n) is 7.57. The lowest BCUT2D eigenvalue weighted by Gasteiger charge is -2.51. The molecule has 0 amide bonds. The molecular formula is C22H31ClN2O2. The molecule has 1 aliphatic heterocycles. The van der Waals surface area contributed by atoms with Gasteiger partial charge in [-0.05, 0) is 57.5 Å². The fourth-order valence-electron chi connectivity index (χ4n) is 3.74. The van der Waals surface area contributed by atoms with Crippen molar-refractivity contribution < 1.29 is 9.84 Å². The van der Waals surface area contributed by atoms with Crippen molar-refractivity contribution in [1.82, 2.24) is 10.6 Å². The summed E-state index contributed by atoms with van der Waals surface area (Å²) in [5.41, 5.74) is 1.44. The minimum Gasteiger partial charge on any atom is -0.483 e. The Morgan fingerprint density at radius 3 is 2.48 bits per heavy atom. The smallest absolute Gasteiger partial charge is 0.175 e. The van der Waals surface area contributed by atoms with Crippen LogP contribution in [0, 0.1) is 6.92 Å². The number of aliphatic hydroxyl groups is 1. The number of benzene rings is 2. The van der Waals surface area contributed by atoms with Crippen LogP contribution in [0.3, 0.4) is 0 Å². The van der Waals surface area contributed by atoms with Crippen LogP contribution in [-0.4, -0.2) is 29.5 Å². The monoisotopic (exact) mass is 390 g/mol. The summed E-state index contributed by atoms with van der Waals surface area (Å²) >= 11 is 0. The highest BCUT2D eigenvalue weighted by Crippen LogP contribution is 2.45. The van der Waals surface area contributed by atoms with Crippen LogP contribution in [-0.2, 0) is 6.42 Å². The van der Waals surface area contributed by atoms with Crippen molar-refractivity contribution in [3.8, 4) is 5.75 Å². The molecule has 2 aromatic carbocycles. The number of likely N-dealkylation sites (N-methyl/N-ethyl adjacent to an activating group) is 1. The molecule has 0 fully saturated rings. The van der Waals surface area contributed by atoms with Gasteiger partial charge in [-0.2, -0.15) is 0 Å². The number of ether oxygens (including phenoxy) is 1. The summed E-state index contributed by atoms with van der Waals surface area (Å²) in [7, 11) is 0. The first-order chi connectivity index (χ1) is 12.4. The van der Waals surface area contributed by atoms with E-state index in [0.717, 1.165) is 29.8 Å². The number of hydrogen-bond donors (Lipinski definition) is 3. The lowest BCUT2D eigenvalue weighted by molar-refractivity contribution is -0.170. The molecule has 4 nitrogen and oxygen atoms in total. The molecule has 5 heteroatoms. The highest BCUT2D eigenvalue weighted by atomic mass is 35.5. The number of rotatable bonds is 6. The summed E-state index contributed by atoms with van der Waals surface area (Å²) in [6, 6.07) is 16.3. The maximum absolute atomic E-state index is 11.6. The molecular weight excluding hydrogens is 360 g/mol. The van der Waals surface area contributed by atoms with E-state index < -0.39 is 11.3 Å². The zero-order valence-corrected chi connectivity index (χ0v) is 17.4. The van der Waals surface area contributed by atoms with Gasteiger partial charge < -0.3 is 15.2 Å². The second kappa shape index (κ2) is 8.61. The van der Waals surface area contributed by atoms with Crippen LogP contribution in [0.5, 0.6) is 5.75 Å². The SMILES string of the molecule is CCN[C@@]1(O)[C@@H](NCCc2ccccc2)c2ccc(C)cc2OC1(C)C.Cl. The predicted molar refractivity (Wildman–Crippen MR) is 113 cm³/mol. The van der Waals surface area contributed by atoms with Gasteiger partial charge in [-0.1, -0.05) is 49.4 Å². The summed E-state index contributed by atoms with van der Waals surface area (Å²) in [6.07, 6.45) is 0.905. The summed E-state index contributed by atoms with van der Waals surface area (Å²) in [5, 5.41) is 18.4. The highest BCUT2D eigenvalue weighted by molar-refractivity contribution is 5.85. The van der Waals surface area contributed by atoms with Gasteiger partial charge in [0.15, 0.2) is 5.72 Å². The van der Waals surface area contributed by atoms with Gasteiger partial charge in [-0.15, -0.1) is 12.4 Å². The molecule has 1 heterocycles. The maximum Gasteiger partial charge on any atom is 0.175 e. The van der Waals surface area contributed by atoms with Crippen molar-refractivity contribution in [2.24, 2.45) is 0 Å². The molecule has 0 saturated heterocycles. The predicted octanol–water partition coefficient (Wildman–Crippen LogP) is 3.76. The van der Waals surface area contributed by atoms with Crippen molar-refractivity contribution in [3.05, 3.63) is 65.2 Å². The molecule has 0 aromatic heterocycles. The van der Waals surface area contributed by atoms with Gasteiger partial charge in [0.05, 0.1) is 6.04 Å². The molecule has 2 atom stereocenters. The largest absolute Gasteiger partial charge is 0.483 e. The van der Waals surface area contributed by atoms with Crippen LogP contribution in [0.2, 0.25) is 0 Å². The Bertz CT molecular complexity index is 751. The molecule has 3 N–H and O–H groups in total. The van der Waals surface area contributed by atoms with Gasteiger partial charge in [-0.3, -0.25) is 5.32 Å². The van der Waals surface area contributed by atoms with E-state index in [1.807, 2.05) is 26.8 Å². The van der Waals surface area contributed by atoms with Crippen LogP contribution in [0.25, 0.3) is 0 Å². The standard InChI is InChI=1S/C22H30N2O2.ClH/c1-5-24-22(25)20(23-14-13-17-9-7-6-8-10-17)18-12-11-16(2)15-19(18)26-21(22,3)4;/h6-12,15,20,23-25H,5,13-14H2,1-4H3;1H/t20-,22+;/m0./s1. The summed E-state index contributed by atoms with van der Waals surface area (Å²) in [6.45, 7) is 9.35. The summed E-state index contributed by atoms with van der Waals surface area (Å²) in [5.74, 6) is 0.842. The fourth-order valence-corrected chi connectivity index (χ4v) is 3.74. The fraction of sp³-hybridized carbons (Fsp3) is 0.455. The Morgan fingerprint density at radius 1 is 1.11 bits per heavy atom. The Kier molecular flexibility index (Phi) is 6.92. The van der Waals surface area contributed by atoms with E-state index in [4.69, 9.17) is 4.74 Å². The number of hydrogen-bond acceptors (Lipinski definition) is 4. The van der Waals surface area contributed by atoms with E-state index in [2.05, 4.69) is 60.0 Å². The number of fused-ring (bicyclic) bond motifs is 1. The molecule has 1 aliphatic rings. The zero-order chi connectivity index (χ0) is 18.8. The quantitative estimate of drug-likeness (QED) is 0.657. The summed E-state index contributed by atoms with van der Waals surface area (Å²) < 4.78 is 6.21. The average Bonchev–Trinajstić information content (AvgIpc) is 2.59. The molecule has 0 saturated carbocycles. The number of nitrogens with one attached hydrogen (secondary N) is 2. The van der Waals surface area contributed by atoms with E-state index in [9.17, 15) is 5.11 Å². The topological polar surface area (TPSA) is 53.5 Å². The molecule has 27 heavy (non-hydrogen) atoms. The Balaban J connectivity index is 0.00000261. The molecule has 0 unspecified atom stereocenters. The summed E-state index contributed by atoms with van der Waals surface area (Å²) in [4.78, 5) is 0. The van der Waals surface area contributed by atoms with Crippen molar-refractivity contribution in [2.45, 2.75) is 51.5 Å². The van der Waals surface area contributed by atoms with Crippen LogP contribution < -0.4 is 15.4 Å². The van der Waals surface area contributed by atoms with Gasteiger partial charge in [0, 0.05) is 5.56 Å². The first-order valence-corrected chi connectivity index (χ1v) is 9.41. The molecule has 0 spiro atoms. The second-order valence-corrected chi connectivity index (χ2v) is 7.57. The van der Waals surface area contributed by atoms with Gasteiger partial charge in [0.25, 0.3) is 0 Å². The first kappa shape index (κ1) is 21.7. The molecule has 0 bridgehead atoms. The van der Waals surface area contributed by atoms with E-state index in [1.54, 1.807) is 0 Å². The van der Waals surface area contributed by atoms with Crippen LogP contribution in [0.1, 0.15) is 43.5 Å². The Hall–Kier alpha value is -1.59. The Morgan fingerprint density at radius 2 is 1.81 bits per heavy atom. The van der Waals surface area contributed by atoms with Crippen LogP contribution >= 0.6 is 12.4 Å². The lowest BCUT2D eigenvalue weighted by Crippen LogP contribution is -2.70.